The van der Waals surface area contributed by atoms with Crippen molar-refractivity contribution in [3.63, 3.8) is 0 Å². The van der Waals surface area contributed by atoms with E-state index in [0.717, 1.165) is 36.1 Å². The number of hydrogen-bond donors (Lipinski definition) is 2. The summed E-state index contributed by atoms with van der Waals surface area (Å²) < 4.78 is 5.41. The van der Waals surface area contributed by atoms with Crippen molar-refractivity contribution in [1.82, 2.24) is 19.9 Å². The lowest BCUT2D eigenvalue weighted by Crippen LogP contribution is -2.58. The van der Waals surface area contributed by atoms with Gasteiger partial charge in [0.1, 0.15) is 5.69 Å². The highest BCUT2D eigenvalue weighted by Crippen LogP contribution is 2.22. The largest absolute Gasteiger partial charge is 0.335 e. The Labute approximate surface area is 163 Å². The summed E-state index contributed by atoms with van der Waals surface area (Å²) in [5.41, 5.74) is 1.86. The average molecular weight is 381 g/mol. The zero-order valence-electron chi connectivity index (χ0n) is 15.4. The van der Waals surface area contributed by atoms with Gasteiger partial charge in [-0.25, -0.2) is 0 Å². The Bertz CT molecular complexity index is 911. The van der Waals surface area contributed by atoms with Crippen molar-refractivity contribution in [2.45, 2.75) is 25.6 Å². The lowest BCUT2D eigenvalue weighted by Gasteiger charge is -2.37. The molecule has 2 unspecified atom stereocenters. The molecule has 27 heavy (non-hydrogen) atoms. The van der Waals surface area contributed by atoms with Crippen LogP contribution < -0.4 is 10.6 Å². The molecule has 2 N–H and O–H groups in total. The first-order valence-corrected chi connectivity index (χ1v) is 10.1. The molecule has 1 aliphatic heterocycles. The molecule has 1 aliphatic rings. The van der Waals surface area contributed by atoms with E-state index < -0.39 is 0 Å². The van der Waals surface area contributed by atoms with Gasteiger partial charge < -0.3 is 10.6 Å². The molecule has 0 radical (unpaired) electrons. The summed E-state index contributed by atoms with van der Waals surface area (Å²) in [6, 6.07) is 18.8. The van der Waals surface area contributed by atoms with E-state index in [1.54, 1.807) is 0 Å². The predicted octanol–water partition coefficient (Wildman–Crippen LogP) is 2.89. The fourth-order valence-electron chi connectivity index (χ4n) is 3.64. The molecule has 2 atom stereocenters. The van der Waals surface area contributed by atoms with Gasteiger partial charge >= 0.3 is 0 Å². The Morgan fingerprint density at radius 3 is 2.89 bits per heavy atom. The Balaban J connectivity index is 1.38. The van der Waals surface area contributed by atoms with E-state index in [-0.39, 0.29) is 12.1 Å². The first kappa shape index (κ1) is 18.1. The van der Waals surface area contributed by atoms with Crippen molar-refractivity contribution in [2.75, 3.05) is 19.6 Å². The molecular weight excluding hydrogens is 356 g/mol. The van der Waals surface area contributed by atoms with E-state index in [9.17, 15) is 4.79 Å². The molecule has 1 amide bonds. The number of nitrogens with one attached hydrogen (secondary N) is 2. The second-order valence-electron chi connectivity index (χ2n) is 7.01. The third-order valence-corrected chi connectivity index (χ3v) is 5.92. The van der Waals surface area contributed by atoms with Gasteiger partial charge in [-0.15, -0.1) is 0 Å². The number of carbonyl (C=O) groups is 1. The van der Waals surface area contributed by atoms with Gasteiger partial charge in [-0.1, -0.05) is 48.5 Å². The first-order chi connectivity index (χ1) is 13.2. The number of amides is 1. The quantitative estimate of drug-likeness (QED) is 0.715. The van der Waals surface area contributed by atoms with Gasteiger partial charge in [0.2, 0.25) is 0 Å². The number of rotatable bonds is 5. The normalized spacial score (nSPS) is 19.1. The van der Waals surface area contributed by atoms with Crippen LogP contribution in [0.15, 0.2) is 54.6 Å². The zero-order chi connectivity index (χ0) is 18.6. The Kier molecular flexibility index (Phi) is 5.48. The molecule has 6 heteroatoms. The van der Waals surface area contributed by atoms with Gasteiger partial charge in [-0.05, 0) is 36.5 Å². The maximum Gasteiger partial charge on any atom is 0.272 e. The molecule has 1 aromatic heterocycles. The summed E-state index contributed by atoms with van der Waals surface area (Å²) in [7, 11) is 0. The molecule has 0 aliphatic carbocycles. The lowest BCUT2D eigenvalue weighted by atomic mass is 10.0. The molecule has 2 aromatic carbocycles. The van der Waals surface area contributed by atoms with Crippen LogP contribution in [0.1, 0.15) is 23.0 Å². The number of hydrogen-bond acceptors (Lipinski definition) is 5. The van der Waals surface area contributed by atoms with Crippen LogP contribution in [0.2, 0.25) is 0 Å². The van der Waals surface area contributed by atoms with E-state index in [1.165, 1.54) is 17.1 Å². The molecule has 1 saturated heterocycles. The second-order valence-corrected chi connectivity index (χ2v) is 7.82. The van der Waals surface area contributed by atoms with Crippen LogP contribution in [-0.2, 0) is 6.42 Å². The molecule has 2 heterocycles. The fourth-order valence-corrected chi connectivity index (χ4v) is 4.41. The van der Waals surface area contributed by atoms with Crippen LogP contribution in [0.25, 0.3) is 10.1 Å². The zero-order valence-corrected chi connectivity index (χ0v) is 16.2. The average Bonchev–Trinajstić information content (AvgIpc) is 3.13. The Morgan fingerprint density at radius 1 is 1.26 bits per heavy atom. The smallest absolute Gasteiger partial charge is 0.272 e. The van der Waals surface area contributed by atoms with E-state index in [0.29, 0.717) is 11.7 Å². The summed E-state index contributed by atoms with van der Waals surface area (Å²) in [5, 5.41) is 7.65. The van der Waals surface area contributed by atoms with Crippen molar-refractivity contribution in [2.24, 2.45) is 0 Å². The van der Waals surface area contributed by atoms with Crippen molar-refractivity contribution < 1.29 is 4.79 Å². The summed E-state index contributed by atoms with van der Waals surface area (Å²) in [6.45, 7) is 4.81. The van der Waals surface area contributed by atoms with Crippen molar-refractivity contribution in [3.05, 3.63) is 65.9 Å². The van der Waals surface area contributed by atoms with Crippen LogP contribution in [0.5, 0.6) is 0 Å². The fraction of sp³-hybridized carbons (Fsp3) is 0.333. The molecule has 4 rings (SSSR count). The van der Waals surface area contributed by atoms with Crippen LogP contribution in [0.3, 0.4) is 0 Å². The van der Waals surface area contributed by atoms with Gasteiger partial charge in [0.15, 0.2) is 0 Å². The number of fused-ring (bicyclic) bond motifs is 1. The topological polar surface area (TPSA) is 57.3 Å². The molecule has 3 aromatic rings. The van der Waals surface area contributed by atoms with E-state index in [2.05, 4.69) is 51.1 Å². The summed E-state index contributed by atoms with van der Waals surface area (Å²) >= 11 is 1.37. The van der Waals surface area contributed by atoms with Crippen LogP contribution >= 0.6 is 11.5 Å². The Morgan fingerprint density at radius 2 is 2.04 bits per heavy atom. The molecule has 1 fully saturated rings. The minimum Gasteiger partial charge on any atom is -0.335 e. The summed E-state index contributed by atoms with van der Waals surface area (Å²) in [4.78, 5) is 15.1. The van der Waals surface area contributed by atoms with Gasteiger partial charge in [0.05, 0.1) is 10.9 Å². The molecule has 5 nitrogen and oxygen atoms in total. The maximum absolute atomic E-state index is 12.7. The maximum atomic E-state index is 12.7. The molecule has 140 valence electrons. The van der Waals surface area contributed by atoms with Crippen LogP contribution in [-0.4, -0.2) is 47.0 Å². The predicted molar refractivity (Wildman–Crippen MR) is 110 cm³/mol. The number of piperazine rings is 1. The number of carbonyl (C=O) groups excluding carboxylic acids is 1. The summed E-state index contributed by atoms with van der Waals surface area (Å²) in [6.07, 6.45) is 0.965. The number of aromatic nitrogens is 1. The Hall–Kier alpha value is -2.28. The minimum atomic E-state index is -0.0990. The lowest BCUT2D eigenvalue weighted by molar-refractivity contribution is 0.0815. The standard InChI is InChI=1S/C21H24N4OS/c1-15(23-21(26)20-18-9-5-6-10-19(18)27-24-20)25-12-11-22-17(14-25)13-16-7-3-2-4-8-16/h2-10,15,17,22H,11-14H2,1H3,(H,23,26). The highest BCUT2D eigenvalue weighted by atomic mass is 32.1. The minimum absolute atomic E-state index is 0.0293. The van der Waals surface area contributed by atoms with Crippen molar-refractivity contribution in [3.8, 4) is 0 Å². The van der Waals surface area contributed by atoms with Gasteiger partial charge in [-0.2, -0.15) is 4.37 Å². The third-order valence-electron chi connectivity index (χ3n) is 5.09. The van der Waals surface area contributed by atoms with Crippen LogP contribution in [0.4, 0.5) is 0 Å². The van der Waals surface area contributed by atoms with Gasteiger partial charge in [-0.3, -0.25) is 9.69 Å². The SMILES string of the molecule is CC(NC(=O)c1nsc2ccccc12)N1CCNC(Cc2ccccc2)C1. The number of nitrogens with zero attached hydrogens (tertiary/aromatic N) is 2. The summed E-state index contributed by atoms with van der Waals surface area (Å²) in [5.74, 6) is -0.0990. The highest BCUT2D eigenvalue weighted by Gasteiger charge is 2.25. The van der Waals surface area contributed by atoms with E-state index in [1.807, 2.05) is 30.3 Å². The van der Waals surface area contributed by atoms with E-state index >= 15 is 0 Å². The number of benzene rings is 2. The van der Waals surface area contributed by atoms with E-state index in [4.69, 9.17) is 0 Å². The van der Waals surface area contributed by atoms with Gasteiger partial charge in [0.25, 0.3) is 5.91 Å². The monoisotopic (exact) mass is 380 g/mol. The third kappa shape index (κ3) is 4.18. The molecule has 0 bridgehead atoms. The molecule has 0 saturated carbocycles. The first-order valence-electron chi connectivity index (χ1n) is 9.37. The van der Waals surface area contributed by atoms with Gasteiger partial charge in [0, 0.05) is 31.1 Å². The molecular formula is C21H24N4OS. The second kappa shape index (κ2) is 8.17. The highest BCUT2D eigenvalue weighted by molar-refractivity contribution is 7.13. The van der Waals surface area contributed by atoms with Crippen LogP contribution in [0, 0.1) is 0 Å². The molecule has 0 spiro atoms. The van der Waals surface area contributed by atoms with Crippen molar-refractivity contribution in [1.29, 1.82) is 0 Å². The van der Waals surface area contributed by atoms with Crippen molar-refractivity contribution >= 4 is 27.5 Å².